The number of terminal acetylenes is 1. The normalized spacial score (nSPS) is 10.8. The van der Waals surface area contributed by atoms with Crippen LogP contribution in [0, 0.1) is 12.3 Å². The predicted octanol–water partition coefficient (Wildman–Crippen LogP) is 2.40. The predicted molar refractivity (Wildman–Crippen MR) is 55.1 cm³/mol. The molecule has 0 aliphatic rings. The third-order valence-electron chi connectivity index (χ3n) is 2.16. The van der Waals surface area contributed by atoms with E-state index in [0.29, 0.717) is 5.56 Å². The summed E-state index contributed by atoms with van der Waals surface area (Å²) < 4.78 is 41.6. The number of methoxy groups -OCH3 is 1. The Balaban J connectivity index is 3.11. The van der Waals surface area contributed by atoms with Gasteiger partial charge in [-0.1, -0.05) is 12.0 Å². The third-order valence-corrected chi connectivity index (χ3v) is 2.16. The van der Waals surface area contributed by atoms with Gasteiger partial charge in [0.05, 0.1) is 19.1 Å². The molecule has 0 bridgehead atoms. The van der Waals surface area contributed by atoms with Crippen molar-refractivity contribution in [1.29, 1.82) is 0 Å². The van der Waals surface area contributed by atoms with Gasteiger partial charge in [0.25, 0.3) is 0 Å². The maximum atomic E-state index is 12.4. The molecule has 0 amide bonds. The molecule has 0 heterocycles. The first kappa shape index (κ1) is 13.1. The van der Waals surface area contributed by atoms with E-state index in [-0.39, 0.29) is 12.0 Å². The lowest BCUT2D eigenvalue weighted by atomic mass is 10.0. The molecule has 0 N–H and O–H groups in total. The second kappa shape index (κ2) is 4.91. The van der Waals surface area contributed by atoms with Gasteiger partial charge in [0, 0.05) is 5.56 Å². The highest BCUT2D eigenvalue weighted by Gasteiger charge is 2.30. The van der Waals surface area contributed by atoms with Crippen LogP contribution in [0.3, 0.4) is 0 Å². The zero-order valence-electron chi connectivity index (χ0n) is 8.97. The van der Waals surface area contributed by atoms with E-state index in [0.717, 1.165) is 12.1 Å². The number of ether oxygens (including phenoxy) is 1. The van der Waals surface area contributed by atoms with Crippen molar-refractivity contribution in [3.8, 4) is 12.3 Å². The van der Waals surface area contributed by atoms with Crippen molar-refractivity contribution in [2.45, 2.75) is 12.6 Å². The lowest BCUT2D eigenvalue weighted by molar-refractivity contribution is -0.139. The van der Waals surface area contributed by atoms with Crippen molar-refractivity contribution in [3.63, 3.8) is 0 Å². The van der Waals surface area contributed by atoms with Crippen LogP contribution in [-0.4, -0.2) is 13.1 Å². The van der Waals surface area contributed by atoms with E-state index >= 15 is 0 Å². The summed E-state index contributed by atoms with van der Waals surface area (Å²) in [4.78, 5) is 11.0. The van der Waals surface area contributed by atoms with Crippen molar-refractivity contribution in [2.75, 3.05) is 7.11 Å². The van der Waals surface area contributed by atoms with E-state index < -0.39 is 17.7 Å². The van der Waals surface area contributed by atoms with Crippen LogP contribution in [0.2, 0.25) is 0 Å². The Morgan fingerprint density at radius 3 is 2.59 bits per heavy atom. The minimum absolute atomic E-state index is 0.0465. The van der Waals surface area contributed by atoms with E-state index in [2.05, 4.69) is 10.7 Å². The molecule has 0 fully saturated rings. The first-order valence-electron chi connectivity index (χ1n) is 4.62. The van der Waals surface area contributed by atoms with Gasteiger partial charge in [-0.3, -0.25) is 4.79 Å². The van der Waals surface area contributed by atoms with Crippen molar-refractivity contribution in [3.05, 3.63) is 34.9 Å². The molecule has 17 heavy (non-hydrogen) atoms. The minimum Gasteiger partial charge on any atom is -0.469 e. The minimum atomic E-state index is -4.45. The topological polar surface area (TPSA) is 26.3 Å². The van der Waals surface area contributed by atoms with Gasteiger partial charge >= 0.3 is 12.1 Å². The fourth-order valence-corrected chi connectivity index (χ4v) is 1.27. The number of rotatable bonds is 2. The Kier molecular flexibility index (Phi) is 3.79. The van der Waals surface area contributed by atoms with Gasteiger partial charge in [-0.05, 0) is 17.7 Å². The highest BCUT2D eigenvalue weighted by Crippen LogP contribution is 2.30. The number of benzene rings is 1. The molecule has 0 radical (unpaired) electrons. The first-order chi connectivity index (χ1) is 7.88. The smallest absolute Gasteiger partial charge is 0.416 e. The molecule has 90 valence electrons. The van der Waals surface area contributed by atoms with E-state index in [1.807, 2.05) is 0 Å². The molecule has 0 aliphatic heterocycles. The molecule has 2 nitrogen and oxygen atoms in total. The van der Waals surface area contributed by atoms with Crippen LogP contribution in [0.5, 0.6) is 0 Å². The van der Waals surface area contributed by atoms with Crippen LogP contribution < -0.4 is 0 Å². The number of hydrogen-bond donors (Lipinski definition) is 0. The number of esters is 1. The van der Waals surface area contributed by atoms with Crippen LogP contribution in [0.15, 0.2) is 18.2 Å². The molecule has 1 aromatic carbocycles. The van der Waals surface area contributed by atoms with Crippen LogP contribution in [0.1, 0.15) is 16.7 Å². The second-order valence-corrected chi connectivity index (χ2v) is 3.27. The van der Waals surface area contributed by atoms with E-state index in [9.17, 15) is 18.0 Å². The zero-order chi connectivity index (χ0) is 13.1. The summed E-state index contributed by atoms with van der Waals surface area (Å²) in [5, 5.41) is 0. The standard InChI is InChI=1S/C12H9F3O2/c1-3-8-6-10(12(13,14)15)5-4-9(8)7-11(16)17-2/h1,4-6H,7H2,2H3. The molecule has 0 saturated carbocycles. The molecule has 0 atom stereocenters. The SMILES string of the molecule is C#Cc1cc(C(F)(F)F)ccc1CC(=O)OC. The fourth-order valence-electron chi connectivity index (χ4n) is 1.27. The summed E-state index contributed by atoms with van der Waals surface area (Å²) in [7, 11) is 1.20. The van der Waals surface area contributed by atoms with E-state index in [1.165, 1.54) is 13.2 Å². The summed E-state index contributed by atoms with van der Waals surface area (Å²) in [5.41, 5.74) is -0.448. The first-order valence-corrected chi connectivity index (χ1v) is 4.62. The quantitative estimate of drug-likeness (QED) is 0.588. The summed E-state index contributed by atoms with van der Waals surface area (Å²) in [6.07, 6.45) is 0.517. The number of carbonyl (C=O) groups excluding carboxylic acids is 1. The Morgan fingerprint density at radius 1 is 1.47 bits per heavy atom. The van der Waals surface area contributed by atoms with E-state index in [1.54, 1.807) is 0 Å². The highest BCUT2D eigenvalue weighted by atomic mass is 19.4. The van der Waals surface area contributed by atoms with Crippen LogP contribution in [-0.2, 0) is 22.1 Å². The summed E-state index contributed by atoms with van der Waals surface area (Å²) in [6, 6.07) is 2.92. The van der Waals surface area contributed by atoms with Crippen molar-refractivity contribution in [2.24, 2.45) is 0 Å². The lowest BCUT2D eigenvalue weighted by Crippen LogP contribution is -2.09. The summed E-state index contributed by atoms with van der Waals surface area (Å²) in [6.45, 7) is 0. The van der Waals surface area contributed by atoms with E-state index in [4.69, 9.17) is 6.42 Å². The van der Waals surface area contributed by atoms with Gasteiger partial charge in [-0.2, -0.15) is 13.2 Å². The molecular formula is C12H9F3O2. The fraction of sp³-hybridized carbons (Fsp3) is 0.250. The molecule has 0 aromatic heterocycles. The number of alkyl halides is 3. The maximum Gasteiger partial charge on any atom is 0.416 e. The lowest BCUT2D eigenvalue weighted by Gasteiger charge is -2.09. The molecule has 5 heteroatoms. The molecule has 1 rings (SSSR count). The van der Waals surface area contributed by atoms with Gasteiger partial charge in [0.2, 0.25) is 0 Å². The van der Waals surface area contributed by atoms with Crippen LogP contribution in [0.4, 0.5) is 13.2 Å². The van der Waals surface area contributed by atoms with Crippen LogP contribution in [0.25, 0.3) is 0 Å². The average Bonchev–Trinajstić information content (AvgIpc) is 2.27. The van der Waals surface area contributed by atoms with Gasteiger partial charge in [-0.15, -0.1) is 6.42 Å². The largest absolute Gasteiger partial charge is 0.469 e. The molecule has 0 spiro atoms. The van der Waals surface area contributed by atoms with Gasteiger partial charge in [-0.25, -0.2) is 0 Å². The van der Waals surface area contributed by atoms with Gasteiger partial charge in [0.1, 0.15) is 0 Å². The highest BCUT2D eigenvalue weighted by molar-refractivity contribution is 5.73. The molecule has 0 unspecified atom stereocenters. The Bertz CT molecular complexity index is 470. The van der Waals surface area contributed by atoms with Crippen LogP contribution >= 0.6 is 0 Å². The number of hydrogen-bond acceptors (Lipinski definition) is 2. The number of carbonyl (C=O) groups is 1. The molecule has 0 aliphatic carbocycles. The maximum absolute atomic E-state index is 12.4. The number of halogens is 3. The Hall–Kier alpha value is -1.96. The molecule has 0 saturated heterocycles. The Labute approximate surface area is 96.4 Å². The van der Waals surface area contributed by atoms with Crippen molar-refractivity contribution < 1.29 is 22.7 Å². The monoisotopic (exact) mass is 242 g/mol. The Morgan fingerprint density at radius 2 is 2.12 bits per heavy atom. The van der Waals surface area contributed by atoms with Crippen molar-refractivity contribution >= 4 is 5.97 Å². The van der Waals surface area contributed by atoms with Gasteiger partial charge in [0.15, 0.2) is 0 Å². The zero-order valence-corrected chi connectivity index (χ0v) is 8.97. The third kappa shape index (κ3) is 3.25. The average molecular weight is 242 g/mol. The summed E-state index contributed by atoms with van der Waals surface area (Å²) in [5.74, 6) is 1.58. The molecular weight excluding hydrogens is 233 g/mol. The van der Waals surface area contributed by atoms with Gasteiger partial charge < -0.3 is 4.74 Å². The molecule has 1 aromatic rings. The van der Waals surface area contributed by atoms with Crippen molar-refractivity contribution in [1.82, 2.24) is 0 Å². The second-order valence-electron chi connectivity index (χ2n) is 3.27. The summed E-state index contributed by atoms with van der Waals surface area (Å²) >= 11 is 0.